The molecule has 0 heterocycles. The van der Waals surface area contributed by atoms with Crippen LogP contribution in [0.1, 0.15) is 6.42 Å². The Kier molecular flexibility index (Phi) is 4.29. The van der Waals surface area contributed by atoms with Crippen molar-refractivity contribution < 1.29 is 30.3 Å². The van der Waals surface area contributed by atoms with Crippen molar-refractivity contribution in [2.45, 2.75) is 18.3 Å². The Hall–Kier alpha value is -0.530. The highest BCUT2D eigenvalue weighted by molar-refractivity contribution is 5.86. The third-order valence-electron chi connectivity index (χ3n) is 1.42. The van der Waals surface area contributed by atoms with E-state index in [9.17, 15) is 4.79 Å². The van der Waals surface area contributed by atoms with E-state index in [2.05, 4.69) is 0 Å². The first-order valence-electron chi connectivity index (χ1n) is 3.34. The summed E-state index contributed by atoms with van der Waals surface area (Å²) >= 11 is 0. The minimum absolute atomic E-state index is 0.348. The number of ketones is 1. The van der Waals surface area contributed by atoms with E-state index in [0.717, 1.165) is 0 Å². The molecular formula is C6H12O6. The third-order valence-corrected chi connectivity index (χ3v) is 1.42. The Bertz CT molecular complexity index is 154. The summed E-state index contributed by atoms with van der Waals surface area (Å²) in [6, 6.07) is 0. The van der Waals surface area contributed by atoms with Crippen molar-refractivity contribution >= 4 is 5.78 Å². The summed E-state index contributed by atoms with van der Waals surface area (Å²) in [7, 11) is 0. The Morgan fingerprint density at radius 1 is 1.33 bits per heavy atom. The lowest BCUT2D eigenvalue weighted by Gasteiger charge is -2.24. The second-order valence-corrected chi connectivity index (χ2v) is 2.34. The topological polar surface area (TPSA) is 118 Å². The van der Waals surface area contributed by atoms with Crippen molar-refractivity contribution in [3.8, 4) is 0 Å². The van der Waals surface area contributed by atoms with Gasteiger partial charge in [-0.2, -0.15) is 0 Å². The quantitative estimate of drug-likeness (QED) is 0.287. The maximum Gasteiger partial charge on any atom is 0.253 e. The summed E-state index contributed by atoms with van der Waals surface area (Å²) in [4.78, 5) is 10.6. The highest BCUT2D eigenvalue weighted by Gasteiger charge is 2.39. The van der Waals surface area contributed by atoms with E-state index in [1.165, 1.54) is 0 Å². The third kappa shape index (κ3) is 2.50. The molecule has 0 saturated carbocycles. The molecule has 0 aliphatic carbocycles. The van der Waals surface area contributed by atoms with E-state index in [-0.39, 0.29) is 6.42 Å². The standard InChI is InChI=1S/C6H12O6/c7-2-1-4(9)6(11,12)5(10)3-8/h4,7-9,11-12H,1-3H2. The Morgan fingerprint density at radius 2 is 1.83 bits per heavy atom. The average molecular weight is 180 g/mol. The van der Waals surface area contributed by atoms with Crippen LogP contribution in [-0.2, 0) is 4.79 Å². The number of aliphatic hydroxyl groups is 5. The molecule has 1 unspecified atom stereocenters. The first-order chi connectivity index (χ1) is 5.46. The zero-order valence-electron chi connectivity index (χ0n) is 6.34. The second kappa shape index (κ2) is 4.48. The zero-order valence-corrected chi connectivity index (χ0v) is 6.34. The lowest BCUT2D eigenvalue weighted by Crippen LogP contribution is -2.51. The Morgan fingerprint density at radius 3 is 2.17 bits per heavy atom. The van der Waals surface area contributed by atoms with E-state index < -0.39 is 30.9 Å². The number of Topliss-reactive ketones (excluding diaryl/α,β-unsaturated/α-hetero) is 1. The fourth-order valence-corrected chi connectivity index (χ4v) is 0.626. The van der Waals surface area contributed by atoms with Crippen LogP contribution >= 0.6 is 0 Å². The molecule has 1 atom stereocenters. The van der Waals surface area contributed by atoms with Gasteiger partial charge in [-0.15, -0.1) is 0 Å². The van der Waals surface area contributed by atoms with Crippen LogP contribution in [0.5, 0.6) is 0 Å². The first-order valence-corrected chi connectivity index (χ1v) is 3.34. The van der Waals surface area contributed by atoms with Crippen molar-refractivity contribution in [2.24, 2.45) is 0 Å². The smallest absolute Gasteiger partial charge is 0.253 e. The SMILES string of the molecule is O=C(CO)C(O)(O)C(O)CCO. The van der Waals surface area contributed by atoms with Crippen LogP contribution in [-0.4, -0.2) is 56.4 Å². The van der Waals surface area contributed by atoms with Crippen LogP contribution in [0, 0.1) is 0 Å². The van der Waals surface area contributed by atoms with E-state index in [1.54, 1.807) is 0 Å². The van der Waals surface area contributed by atoms with Crippen LogP contribution in [0.3, 0.4) is 0 Å². The summed E-state index contributed by atoms with van der Waals surface area (Å²) in [5.41, 5.74) is 0. The van der Waals surface area contributed by atoms with Gasteiger partial charge in [-0.3, -0.25) is 4.79 Å². The molecule has 5 N–H and O–H groups in total. The normalized spacial score (nSPS) is 14.4. The number of carbonyl (C=O) groups is 1. The summed E-state index contributed by atoms with van der Waals surface area (Å²) in [5, 5.41) is 43.2. The van der Waals surface area contributed by atoms with Crippen molar-refractivity contribution in [3.63, 3.8) is 0 Å². The first kappa shape index (κ1) is 11.5. The molecule has 0 aromatic heterocycles. The summed E-state index contributed by atoms with van der Waals surface area (Å²) < 4.78 is 0. The van der Waals surface area contributed by atoms with Gasteiger partial charge in [-0.1, -0.05) is 0 Å². The van der Waals surface area contributed by atoms with E-state index in [0.29, 0.717) is 0 Å². The number of aliphatic hydroxyl groups excluding tert-OH is 3. The number of hydrogen-bond acceptors (Lipinski definition) is 6. The summed E-state index contributed by atoms with van der Waals surface area (Å²) in [6.45, 7) is -1.56. The van der Waals surface area contributed by atoms with Gasteiger partial charge >= 0.3 is 0 Å². The minimum atomic E-state index is -2.97. The molecule has 0 rings (SSSR count). The lowest BCUT2D eigenvalue weighted by atomic mass is 10.0. The van der Waals surface area contributed by atoms with Gasteiger partial charge < -0.3 is 25.5 Å². The molecule has 0 radical (unpaired) electrons. The van der Waals surface area contributed by atoms with Crippen LogP contribution in [0.2, 0.25) is 0 Å². The average Bonchev–Trinajstić information content (AvgIpc) is 2.03. The summed E-state index contributed by atoms with van der Waals surface area (Å²) in [5.74, 6) is -4.28. The predicted molar refractivity (Wildman–Crippen MR) is 37.0 cm³/mol. The number of hydrogen-bond donors (Lipinski definition) is 5. The molecule has 6 nitrogen and oxygen atoms in total. The molecule has 0 bridgehead atoms. The maximum absolute atomic E-state index is 10.6. The van der Waals surface area contributed by atoms with Crippen LogP contribution in [0.15, 0.2) is 0 Å². The second-order valence-electron chi connectivity index (χ2n) is 2.34. The largest absolute Gasteiger partial charge is 0.396 e. The molecular weight excluding hydrogens is 168 g/mol. The van der Waals surface area contributed by atoms with Crippen molar-refractivity contribution in [1.29, 1.82) is 0 Å². The number of carbonyl (C=O) groups excluding carboxylic acids is 1. The Balaban J connectivity index is 4.26. The van der Waals surface area contributed by atoms with Crippen LogP contribution in [0.25, 0.3) is 0 Å². The van der Waals surface area contributed by atoms with E-state index in [1.807, 2.05) is 0 Å². The highest BCUT2D eigenvalue weighted by atomic mass is 16.5. The molecule has 0 fully saturated rings. The summed E-state index contributed by atoms with van der Waals surface area (Å²) in [6.07, 6.45) is -2.14. The van der Waals surface area contributed by atoms with Gasteiger partial charge in [-0.05, 0) is 0 Å². The van der Waals surface area contributed by atoms with Gasteiger partial charge in [0.25, 0.3) is 5.79 Å². The van der Waals surface area contributed by atoms with Gasteiger partial charge in [0.05, 0.1) is 0 Å². The van der Waals surface area contributed by atoms with Gasteiger partial charge in [0.1, 0.15) is 12.7 Å². The molecule has 0 aromatic carbocycles. The zero-order chi connectivity index (χ0) is 9.78. The van der Waals surface area contributed by atoms with Gasteiger partial charge in [0.2, 0.25) is 5.78 Å². The molecule has 12 heavy (non-hydrogen) atoms. The molecule has 6 heteroatoms. The lowest BCUT2D eigenvalue weighted by molar-refractivity contribution is -0.223. The molecule has 0 aliphatic rings. The van der Waals surface area contributed by atoms with Crippen molar-refractivity contribution in [2.75, 3.05) is 13.2 Å². The van der Waals surface area contributed by atoms with Crippen LogP contribution in [0.4, 0.5) is 0 Å². The van der Waals surface area contributed by atoms with Crippen LogP contribution < -0.4 is 0 Å². The number of rotatable bonds is 5. The van der Waals surface area contributed by atoms with Gasteiger partial charge in [-0.25, -0.2) is 0 Å². The maximum atomic E-state index is 10.6. The molecule has 0 spiro atoms. The minimum Gasteiger partial charge on any atom is -0.396 e. The molecule has 0 aromatic rings. The monoisotopic (exact) mass is 180 g/mol. The Labute approximate surface area is 68.7 Å². The molecule has 72 valence electrons. The molecule has 0 amide bonds. The van der Waals surface area contributed by atoms with Crippen molar-refractivity contribution in [1.82, 2.24) is 0 Å². The molecule has 0 saturated heterocycles. The van der Waals surface area contributed by atoms with E-state index in [4.69, 9.17) is 25.5 Å². The van der Waals surface area contributed by atoms with Gasteiger partial charge in [0, 0.05) is 13.0 Å². The van der Waals surface area contributed by atoms with Gasteiger partial charge in [0.15, 0.2) is 0 Å². The highest BCUT2D eigenvalue weighted by Crippen LogP contribution is 2.10. The fraction of sp³-hybridized carbons (Fsp3) is 0.833. The fourth-order valence-electron chi connectivity index (χ4n) is 0.626. The molecule has 0 aliphatic heterocycles. The van der Waals surface area contributed by atoms with Crippen molar-refractivity contribution in [3.05, 3.63) is 0 Å². The predicted octanol–water partition coefficient (Wildman–Crippen LogP) is -3.03. The van der Waals surface area contributed by atoms with E-state index >= 15 is 0 Å².